The predicted octanol–water partition coefficient (Wildman–Crippen LogP) is 4.37. The van der Waals surface area contributed by atoms with Crippen LogP contribution in [0.15, 0.2) is 36.4 Å². The van der Waals surface area contributed by atoms with Gasteiger partial charge in [0.15, 0.2) is 11.5 Å². The molecule has 0 unspecified atom stereocenters. The minimum atomic E-state index is -0.391. The number of halogens is 2. The van der Waals surface area contributed by atoms with Crippen LogP contribution in [0.2, 0.25) is 5.02 Å². The third-order valence-corrected chi connectivity index (χ3v) is 4.56. The summed E-state index contributed by atoms with van der Waals surface area (Å²) in [6.45, 7) is 2.44. The molecule has 3 aromatic rings. The van der Waals surface area contributed by atoms with Crippen molar-refractivity contribution in [2.75, 3.05) is 12.5 Å². The lowest BCUT2D eigenvalue weighted by Crippen LogP contribution is -2.17. The Bertz CT molecular complexity index is 1010. The van der Waals surface area contributed by atoms with E-state index in [0.29, 0.717) is 39.2 Å². The molecule has 1 aromatic heterocycles. The van der Waals surface area contributed by atoms with E-state index in [4.69, 9.17) is 33.3 Å². The molecule has 0 aliphatic rings. The summed E-state index contributed by atoms with van der Waals surface area (Å²) in [4.78, 5) is 0. The summed E-state index contributed by atoms with van der Waals surface area (Å²) in [6.07, 6.45) is 0. The molecule has 2 aromatic carbocycles. The Kier molecular flexibility index (Phi) is 5.98. The Morgan fingerprint density at radius 1 is 1.30 bits per heavy atom. The van der Waals surface area contributed by atoms with E-state index in [2.05, 4.69) is 15.6 Å². The number of nitrogens with zero attached hydrogens (tertiary/aromatic N) is 2. The highest BCUT2D eigenvalue weighted by Crippen LogP contribution is 2.32. The summed E-state index contributed by atoms with van der Waals surface area (Å²) >= 11 is 11.3. The molecule has 142 valence electrons. The molecule has 0 atom stereocenters. The molecule has 0 radical (unpaired) electrons. The van der Waals surface area contributed by atoms with Crippen molar-refractivity contribution in [2.24, 2.45) is 0 Å². The molecule has 0 fully saturated rings. The molecule has 0 aliphatic heterocycles. The van der Waals surface area contributed by atoms with Crippen LogP contribution in [0.1, 0.15) is 17.0 Å². The largest absolute Gasteiger partial charge is 0.493 e. The van der Waals surface area contributed by atoms with Gasteiger partial charge in [-0.05, 0) is 37.3 Å². The molecule has 9 heteroatoms. The Labute approximate surface area is 165 Å². The van der Waals surface area contributed by atoms with Crippen molar-refractivity contribution in [3.05, 3.63) is 69.0 Å². The van der Waals surface area contributed by atoms with Crippen molar-refractivity contribution < 1.29 is 13.9 Å². The molecular weight excluding hydrogens is 391 g/mol. The minimum Gasteiger partial charge on any atom is -0.493 e. The van der Waals surface area contributed by atoms with E-state index >= 15 is 0 Å². The van der Waals surface area contributed by atoms with Crippen LogP contribution in [0.5, 0.6) is 11.5 Å². The molecule has 0 saturated carbocycles. The number of methoxy groups -OCH3 is 1. The molecule has 1 heterocycles. The lowest BCUT2D eigenvalue weighted by molar-refractivity contribution is 0.281. The number of para-hydroxylation sites is 1. The highest BCUT2D eigenvalue weighted by atomic mass is 35.5. The van der Waals surface area contributed by atoms with Crippen LogP contribution in [0.4, 0.5) is 4.39 Å². The predicted molar refractivity (Wildman–Crippen MR) is 104 cm³/mol. The first-order valence-electron chi connectivity index (χ1n) is 8.10. The van der Waals surface area contributed by atoms with Gasteiger partial charge in [0.1, 0.15) is 18.2 Å². The molecule has 3 rings (SSSR count). The maximum atomic E-state index is 13.2. The fourth-order valence-corrected chi connectivity index (χ4v) is 3.00. The van der Waals surface area contributed by atoms with E-state index in [0.717, 1.165) is 5.56 Å². The zero-order valence-corrected chi connectivity index (χ0v) is 16.3. The van der Waals surface area contributed by atoms with Gasteiger partial charge in [-0.1, -0.05) is 29.8 Å². The lowest BCUT2D eigenvalue weighted by atomic mass is 10.2. The fraction of sp³-hybridized carbons (Fsp3) is 0.222. The van der Waals surface area contributed by atoms with Crippen LogP contribution in [0, 0.1) is 17.5 Å². The second kappa shape index (κ2) is 8.41. The Hall–Kier alpha value is -2.58. The van der Waals surface area contributed by atoms with E-state index in [1.54, 1.807) is 23.9 Å². The van der Waals surface area contributed by atoms with Gasteiger partial charge < -0.3 is 14.9 Å². The number of aromatic amines is 1. The molecule has 0 saturated heterocycles. The van der Waals surface area contributed by atoms with Crippen molar-refractivity contribution in [1.29, 1.82) is 0 Å². The third-order valence-electron chi connectivity index (χ3n) is 3.94. The first-order valence-corrected chi connectivity index (χ1v) is 8.88. The van der Waals surface area contributed by atoms with E-state index < -0.39 is 5.82 Å². The van der Waals surface area contributed by atoms with Gasteiger partial charge in [0.25, 0.3) is 0 Å². The zero-order valence-electron chi connectivity index (χ0n) is 14.8. The van der Waals surface area contributed by atoms with E-state index in [9.17, 15) is 4.39 Å². The smallest absolute Gasteiger partial charge is 0.214 e. The van der Waals surface area contributed by atoms with Gasteiger partial charge in [-0.3, -0.25) is 5.10 Å². The Balaban J connectivity index is 1.82. The van der Waals surface area contributed by atoms with E-state index in [-0.39, 0.29) is 6.61 Å². The molecular formula is C18H18ClFN4O2S. The summed E-state index contributed by atoms with van der Waals surface area (Å²) in [5.41, 5.74) is 4.73. The first-order chi connectivity index (χ1) is 13.0. The van der Waals surface area contributed by atoms with Crippen molar-refractivity contribution in [2.45, 2.75) is 20.1 Å². The number of H-pyrrole nitrogens is 1. The number of benzene rings is 2. The van der Waals surface area contributed by atoms with Crippen LogP contribution in [-0.2, 0) is 13.2 Å². The number of hydrogen-bond acceptors (Lipinski definition) is 5. The third kappa shape index (κ3) is 4.40. The second-order valence-electron chi connectivity index (χ2n) is 5.72. The first kappa shape index (κ1) is 19.2. The summed E-state index contributed by atoms with van der Waals surface area (Å²) in [7, 11) is 1.57. The van der Waals surface area contributed by atoms with Crippen LogP contribution in [0.3, 0.4) is 0 Å². The number of aromatic nitrogens is 3. The number of rotatable bonds is 7. The standard InChI is InChI=1S/C18H18ClFN4O2S/c1-11-22-23-18(27)24(11)21-9-12-4-3-5-16(25-2)17(12)26-10-13-6-7-14(20)8-15(13)19/h3-8,21H,9-10H2,1-2H3,(H,23,27). The monoisotopic (exact) mass is 408 g/mol. The Morgan fingerprint density at radius 3 is 2.78 bits per heavy atom. The SMILES string of the molecule is COc1cccc(CNn2c(C)n[nH]c2=S)c1OCc1ccc(F)cc1Cl. The molecule has 2 N–H and O–H groups in total. The van der Waals surface area contributed by atoms with Gasteiger partial charge >= 0.3 is 0 Å². The number of aryl methyl sites for hydroxylation is 1. The zero-order chi connectivity index (χ0) is 19.4. The lowest BCUT2D eigenvalue weighted by Gasteiger charge is -2.17. The van der Waals surface area contributed by atoms with Gasteiger partial charge in [0.05, 0.1) is 18.7 Å². The van der Waals surface area contributed by atoms with Crippen LogP contribution in [0.25, 0.3) is 0 Å². The number of nitrogens with one attached hydrogen (secondary N) is 2. The molecule has 0 aliphatic carbocycles. The van der Waals surface area contributed by atoms with Crippen molar-refractivity contribution in [1.82, 2.24) is 14.9 Å². The highest BCUT2D eigenvalue weighted by molar-refractivity contribution is 7.71. The average molecular weight is 409 g/mol. The van der Waals surface area contributed by atoms with Gasteiger partial charge in [0.2, 0.25) is 4.77 Å². The summed E-state index contributed by atoms with van der Waals surface area (Å²) in [6, 6.07) is 9.79. The maximum absolute atomic E-state index is 13.2. The van der Waals surface area contributed by atoms with Gasteiger partial charge in [-0.2, -0.15) is 5.10 Å². The van der Waals surface area contributed by atoms with Crippen LogP contribution >= 0.6 is 23.8 Å². The van der Waals surface area contributed by atoms with Gasteiger partial charge in [-0.25, -0.2) is 9.07 Å². The van der Waals surface area contributed by atoms with Crippen LogP contribution < -0.4 is 14.9 Å². The van der Waals surface area contributed by atoms with Crippen molar-refractivity contribution in [3.63, 3.8) is 0 Å². The summed E-state index contributed by atoms with van der Waals surface area (Å²) in [5, 5.41) is 7.09. The number of hydrogen-bond donors (Lipinski definition) is 2. The fourth-order valence-electron chi connectivity index (χ4n) is 2.54. The highest BCUT2D eigenvalue weighted by Gasteiger charge is 2.13. The van der Waals surface area contributed by atoms with Crippen molar-refractivity contribution >= 4 is 23.8 Å². The summed E-state index contributed by atoms with van der Waals surface area (Å²) < 4.78 is 26.7. The topological polar surface area (TPSA) is 64.1 Å². The molecule has 27 heavy (non-hydrogen) atoms. The molecule has 0 amide bonds. The molecule has 6 nitrogen and oxygen atoms in total. The van der Waals surface area contributed by atoms with E-state index in [1.165, 1.54) is 12.1 Å². The summed E-state index contributed by atoms with van der Waals surface area (Å²) in [5.74, 6) is 1.47. The number of ether oxygens (including phenoxy) is 2. The average Bonchev–Trinajstić information content (AvgIpc) is 2.97. The molecule has 0 spiro atoms. The molecule has 0 bridgehead atoms. The van der Waals surface area contributed by atoms with E-state index in [1.807, 2.05) is 19.1 Å². The van der Waals surface area contributed by atoms with Gasteiger partial charge in [0, 0.05) is 11.1 Å². The minimum absolute atomic E-state index is 0.177. The normalized spacial score (nSPS) is 10.7. The van der Waals surface area contributed by atoms with Crippen LogP contribution in [-0.4, -0.2) is 22.0 Å². The quantitative estimate of drug-likeness (QED) is 0.568. The maximum Gasteiger partial charge on any atom is 0.214 e. The van der Waals surface area contributed by atoms with Gasteiger partial charge in [-0.15, -0.1) is 0 Å². The van der Waals surface area contributed by atoms with Crippen molar-refractivity contribution in [3.8, 4) is 11.5 Å². The Morgan fingerprint density at radius 2 is 2.11 bits per heavy atom. The second-order valence-corrected chi connectivity index (χ2v) is 6.51.